The number of carbonyl (C=O) groups is 1. The van der Waals surface area contributed by atoms with Crippen molar-refractivity contribution in [2.24, 2.45) is 0 Å². The second kappa shape index (κ2) is 5.55. The van der Waals surface area contributed by atoms with Crippen LogP contribution in [0.3, 0.4) is 0 Å². The Morgan fingerprint density at radius 3 is 3.05 bits per heavy atom. The topological polar surface area (TPSA) is 108 Å². The zero-order valence-corrected chi connectivity index (χ0v) is 11.9. The SMILES string of the molecule is COc1ncnc2c1nc(N)n2CCCC(=O)NC1CC1. The van der Waals surface area contributed by atoms with E-state index in [4.69, 9.17) is 10.5 Å². The largest absolute Gasteiger partial charge is 0.479 e. The van der Waals surface area contributed by atoms with E-state index >= 15 is 0 Å². The van der Waals surface area contributed by atoms with Gasteiger partial charge in [-0.15, -0.1) is 0 Å². The quantitative estimate of drug-likeness (QED) is 0.801. The molecule has 0 atom stereocenters. The van der Waals surface area contributed by atoms with E-state index in [0.29, 0.717) is 48.4 Å². The fourth-order valence-corrected chi connectivity index (χ4v) is 2.23. The third-order valence-corrected chi connectivity index (χ3v) is 3.45. The lowest BCUT2D eigenvalue weighted by Crippen LogP contribution is -2.25. The van der Waals surface area contributed by atoms with Crippen molar-refractivity contribution >= 4 is 23.0 Å². The van der Waals surface area contributed by atoms with Crippen LogP contribution in [0.15, 0.2) is 6.33 Å². The van der Waals surface area contributed by atoms with Crippen molar-refractivity contribution in [1.82, 2.24) is 24.8 Å². The van der Waals surface area contributed by atoms with Crippen LogP contribution >= 0.6 is 0 Å². The molecule has 8 heteroatoms. The molecule has 0 radical (unpaired) electrons. The molecule has 0 aliphatic heterocycles. The fourth-order valence-electron chi connectivity index (χ4n) is 2.23. The minimum Gasteiger partial charge on any atom is -0.479 e. The Labute approximate surface area is 121 Å². The minimum absolute atomic E-state index is 0.0905. The molecule has 1 aliphatic carbocycles. The minimum atomic E-state index is 0.0905. The molecule has 0 unspecified atom stereocenters. The molecule has 112 valence electrons. The first-order chi connectivity index (χ1) is 10.2. The van der Waals surface area contributed by atoms with E-state index in [1.807, 2.05) is 0 Å². The summed E-state index contributed by atoms with van der Waals surface area (Å²) >= 11 is 0. The highest BCUT2D eigenvalue weighted by Gasteiger charge is 2.23. The van der Waals surface area contributed by atoms with Crippen LogP contribution in [0.5, 0.6) is 5.88 Å². The molecule has 2 aromatic rings. The zero-order chi connectivity index (χ0) is 14.8. The molecule has 0 saturated heterocycles. The van der Waals surface area contributed by atoms with Gasteiger partial charge in [-0.2, -0.15) is 4.98 Å². The molecular formula is C13H18N6O2. The molecule has 1 fully saturated rings. The van der Waals surface area contributed by atoms with E-state index in [2.05, 4.69) is 20.3 Å². The number of hydrogen-bond acceptors (Lipinski definition) is 6. The summed E-state index contributed by atoms with van der Waals surface area (Å²) in [5.74, 6) is 0.844. The first-order valence-electron chi connectivity index (χ1n) is 6.99. The summed E-state index contributed by atoms with van der Waals surface area (Å²) in [5, 5.41) is 2.96. The number of rotatable bonds is 6. The van der Waals surface area contributed by atoms with Crippen molar-refractivity contribution in [1.29, 1.82) is 0 Å². The second-order valence-electron chi connectivity index (χ2n) is 5.12. The number of anilines is 1. The number of aromatic nitrogens is 4. The second-order valence-corrected chi connectivity index (χ2v) is 5.12. The third-order valence-electron chi connectivity index (χ3n) is 3.45. The van der Waals surface area contributed by atoms with Gasteiger partial charge in [-0.1, -0.05) is 0 Å². The number of aryl methyl sites for hydroxylation is 1. The highest BCUT2D eigenvalue weighted by molar-refractivity contribution is 5.79. The Kier molecular flexibility index (Phi) is 3.59. The van der Waals surface area contributed by atoms with E-state index in [9.17, 15) is 4.79 Å². The number of nitrogens with two attached hydrogens (primary N) is 1. The summed E-state index contributed by atoms with van der Waals surface area (Å²) in [6.45, 7) is 0.584. The van der Waals surface area contributed by atoms with Crippen LogP contribution in [0.2, 0.25) is 0 Å². The van der Waals surface area contributed by atoms with Crippen LogP contribution in [0, 0.1) is 0 Å². The van der Waals surface area contributed by atoms with Crippen molar-refractivity contribution in [3.8, 4) is 5.88 Å². The Hall–Kier alpha value is -2.38. The molecule has 2 heterocycles. The number of amides is 1. The van der Waals surface area contributed by atoms with Crippen molar-refractivity contribution in [3.63, 3.8) is 0 Å². The van der Waals surface area contributed by atoms with Gasteiger partial charge in [0.05, 0.1) is 7.11 Å². The van der Waals surface area contributed by atoms with Gasteiger partial charge < -0.3 is 15.8 Å². The Balaban J connectivity index is 1.68. The lowest BCUT2D eigenvalue weighted by atomic mass is 10.3. The van der Waals surface area contributed by atoms with Gasteiger partial charge in [0.2, 0.25) is 17.7 Å². The number of carbonyl (C=O) groups excluding carboxylic acids is 1. The normalized spacial score (nSPS) is 14.3. The van der Waals surface area contributed by atoms with Gasteiger partial charge in [0.15, 0.2) is 11.2 Å². The predicted octanol–water partition coefficient (Wildman–Crippen LogP) is 0.476. The average molecular weight is 290 g/mol. The van der Waals surface area contributed by atoms with Crippen molar-refractivity contribution in [2.75, 3.05) is 12.8 Å². The summed E-state index contributed by atoms with van der Waals surface area (Å²) in [6, 6.07) is 0.397. The fraction of sp³-hybridized carbons (Fsp3) is 0.538. The number of nitrogens with one attached hydrogen (secondary N) is 1. The molecular weight excluding hydrogens is 272 g/mol. The van der Waals surface area contributed by atoms with Gasteiger partial charge in [0.1, 0.15) is 6.33 Å². The van der Waals surface area contributed by atoms with E-state index < -0.39 is 0 Å². The molecule has 0 bridgehead atoms. The van der Waals surface area contributed by atoms with Crippen molar-refractivity contribution in [2.45, 2.75) is 38.3 Å². The van der Waals surface area contributed by atoms with Crippen LogP contribution in [0.4, 0.5) is 5.95 Å². The average Bonchev–Trinajstić information content (AvgIpc) is 3.22. The number of fused-ring (bicyclic) bond motifs is 1. The van der Waals surface area contributed by atoms with Gasteiger partial charge >= 0.3 is 0 Å². The first kappa shape index (κ1) is 13.6. The molecule has 1 aliphatic rings. The maximum atomic E-state index is 11.7. The van der Waals surface area contributed by atoms with E-state index in [0.717, 1.165) is 12.8 Å². The standard InChI is InChI=1S/C13H18N6O2/c1-21-12-10-11(15-7-16-12)19(13(14)18-10)6-2-3-9(20)17-8-4-5-8/h7-8H,2-6H2,1H3,(H2,14,18)(H,17,20). The molecule has 0 spiro atoms. The summed E-state index contributed by atoms with van der Waals surface area (Å²) < 4.78 is 6.92. The molecule has 2 aromatic heterocycles. The molecule has 21 heavy (non-hydrogen) atoms. The van der Waals surface area contributed by atoms with Gasteiger partial charge in [0.25, 0.3) is 0 Å². The van der Waals surface area contributed by atoms with Crippen molar-refractivity contribution < 1.29 is 9.53 Å². The molecule has 1 amide bonds. The molecule has 3 rings (SSSR count). The van der Waals surface area contributed by atoms with Crippen LogP contribution in [-0.4, -0.2) is 38.6 Å². The molecule has 8 nitrogen and oxygen atoms in total. The maximum absolute atomic E-state index is 11.7. The summed E-state index contributed by atoms with van der Waals surface area (Å²) in [4.78, 5) is 24.1. The Morgan fingerprint density at radius 1 is 1.52 bits per heavy atom. The Morgan fingerprint density at radius 2 is 2.33 bits per heavy atom. The lowest BCUT2D eigenvalue weighted by molar-refractivity contribution is -0.121. The number of nitrogens with zero attached hydrogens (tertiary/aromatic N) is 4. The zero-order valence-electron chi connectivity index (χ0n) is 11.9. The number of imidazole rings is 1. The predicted molar refractivity (Wildman–Crippen MR) is 76.7 cm³/mol. The highest BCUT2D eigenvalue weighted by atomic mass is 16.5. The lowest BCUT2D eigenvalue weighted by Gasteiger charge is -2.06. The van der Waals surface area contributed by atoms with E-state index in [1.165, 1.54) is 13.4 Å². The first-order valence-corrected chi connectivity index (χ1v) is 6.99. The summed E-state index contributed by atoms with van der Waals surface area (Å²) in [6.07, 6.45) is 4.76. The molecule has 3 N–H and O–H groups in total. The van der Waals surface area contributed by atoms with Crippen molar-refractivity contribution in [3.05, 3.63) is 6.33 Å². The van der Waals surface area contributed by atoms with Gasteiger partial charge in [-0.3, -0.25) is 9.36 Å². The Bertz CT molecular complexity index is 664. The van der Waals surface area contributed by atoms with Crippen LogP contribution in [-0.2, 0) is 11.3 Å². The molecule has 1 saturated carbocycles. The van der Waals surface area contributed by atoms with Gasteiger partial charge in [-0.05, 0) is 19.3 Å². The van der Waals surface area contributed by atoms with Crippen LogP contribution in [0.25, 0.3) is 11.2 Å². The highest BCUT2D eigenvalue weighted by Crippen LogP contribution is 2.23. The monoisotopic (exact) mass is 290 g/mol. The van der Waals surface area contributed by atoms with Gasteiger partial charge in [0, 0.05) is 19.0 Å². The summed E-state index contributed by atoms with van der Waals surface area (Å²) in [5.41, 5.74) is 7.08. The van der Waals surface area contributed by atoms with E-state index in [1.54, 1.807) is 4.57 Å². The number of nitrogen functional groups attached to an aromatic ring is 1. The number of methoxy groups -OCH3 is 1. The third kappa shape index (κ3) is 2.88. The summed E-state index contributed by atoms with van der Waals surface area (Å²) in [7, 11) is 1.53. The number of ether oxygens (including phenoxy) is 1. The van der Waals surface area contributed by atoms with Crippen LogP contribution in [0.1, 0.15) is 25.7 Å². The maximum Gasteiger partial charge on any atom is 0.245 e. The van der Waals surface area contributed by atoms with E-state index in [-0.39, 0.29) is 5.91 Å². The smallest absolute Gasteiger partial charge is 0.245 e. The van der Waals surface area contributed by atoms with Crippen LogP contribution < -0.4 is 15.8 Å². The number of hydrogen-bond donors (Lipinski definition) is 2. The molecule has 0 aromatic carbocycles. The van der Waals surface area contributed by atoms with Gasteiger partial charge in [-0.25, -0.2) is 9.97 Å².